The van der Waals surface area contributed by atoms with Crippen LogP contribution in [0.15, 0.2) is 35.9 Å². The average Bonchev–Trinajstić information content (AvgIpc) is 2.48. The van der Waals surface area contributed by atoms with Crippen LogP contribution >= 0.6 is 0 Å². The van der Waals surface area contributed by atoms with Crippen LogP contribution in [0, 0.1) is 20.2 Å². The van der Waals surface area contributed by atoms with E-state index in [1.54, 1.807) is 25.1 Å². The minimum atomic E-state index is -1.27. The fourth-order valence-corrected chi connectivity index (χ4v) is 2.83. The third kappa shape index (κ3) is 3.09. The van der Waals surface area contributed by atoms with Crippen LogP contribution in [0.5, 0.6) is 0 Å². The Bertz CT molecular complexity index is 597. The van der Waals surface area contributed by atoms with Crippen LogP contribution in [-0.2, 0) is 6.42 Å². The van der Waals surface area contributed by atoms with Crippen molar-refractivity contribution in [1.29, 1.82) is 0 Å². The van der Waals surface area contributed by atoms with Gasteiger partial charge < -0.3 is 0 Å². The number of hydrogen-bond donors (Lipinski definition) is 0. The van der Waals surface area contributed by atoms with E-state index >= 15 is 0 Å². The minimum absolute atomic E-state index is 0.0446. The normalized spacial score (nSPS) is 17.7. The maximum absolute atomic E-state index is 11.6. The molecule has 6 nitrogen and oxygen atoms in total. The molecular formula is C15H18N2O4. The van der Waals surface area contributed by atoms with Crippen molar-refractivity contribution in [2.24, 2.45) is 0 Å². The number of hydrogen-bond acceptors (Lipinski definition) is 4. The van der Waals surface area contributed by atoms with Gasteiger partial charge in [0.15, 0.2) is 0 Å². The van der Waals surface area contributed by atoms with E-state index in [0.29, 0.717) is 12.0 Å². The molecular weight excluding hydrogens is 272 g/mol. The van der Waals surface area contributed by atoms with Crippen molar-refractivity contribution in [3.8, 4) is 0 Å². The second-order valence-electron chi connectivity index (χ2n) is 5.57. The van der Waals surface area contributed by atoms with Gasteiger partial charge in [0, 0.05) is 29.0 Å². The first-order valence-corrected chi connectivity index (χ1v) is 7.01. The highest BCUT2D eigenvalue weighted by Gasteiger charge is 2.42. The van der Waals surface area contributed by atoms with Crippen molar-refractivity contribution in [3.05, 3.63) is 61.7 Å². The molecule has 6 heteroatoms. The summed E-state index contributed by atoms with van der Waals surface area (Å²) in [5.41, 5.74) is -0.126. The molecule has 0 aliphatic heterocycles. The number of nitro benzene ring substituents is 1. The quantitative estimate of drug-likeness (QED) is 0.470. The van der Waals surface area contributed by atoms with Crippen molar-refractivity contribution < 1.29 is 9.85 Å². The second-order valence-corrected chi connectivity index (χ2v) is 5.57. The Kier molecular flexibility index (Phi) is 4.35. The van der Waals surface area contributed by atoms with Gasteiger partial charge in [0.05, 0.1) is 11.3 Å². The monoisotopic (exact) mass is 290 g/mol. The lowest BCUT2D eigenvalue weighted by atomic mass is 9.80. The lowest BCUT2D eigenvalue weighted by Crippen LogP contribution is -2.40. The van der Waals surface area contributed by atoms with Crippen LogP contribution in [0.4, 0.5) is 5.69 Å². The molecule has 0 radical (unpaired) electrons. The molecule has 0 bridgehead atoms. The molecule has 0 N–H and O–H groups in total. The van der Waals surface area contributed by atoms with Gasteiger partial charge >= 0.3 is 0 Å². The molecule has 0 saturated carbocycles. The van der Waals surface area contributed by atoms with Crippen LogP contribution in [0.1, 0.15) is 38.2 Å². The maximum atomic E-state index is 11.6. The van der Waals surface area contributed by atoms with Crippen LogP contribution in [0.2, 0.25) is 0 Å². The molecule has 1 unspecified atom stereocenters. The molecule has 1 aliphatic carbocycles. The summed E-state index contributed by atoms with van der Waals surface area (Å²) in [4.78, 5) is 21.9. The molecule has 0 heterocycles. The zero-order chi connectivity index (χ0) is 15.5. The lowest BCUT2D eigenvalue weighted by Gasteiger charge is -2.26. The number of nitrogens with zero attached hydrogens (tertiary/aromatic N) is 2. The summed E-state index contributed by atoms with van der Waals surface area (Å²) in [6, 6.07) is 6.25. The zero-order valence-corrected chi connectivity index (χ0v) is 11.9. The first-order chi connectivity index (χ1) is 9.95. The maximum Gasteiger partial charge on any atom is 0.272 e. The molecule has 1 atom stereocenters. The molecule has 1 aromatic carbocycles. The van der Waals surface area contributed by atoms with Crippen LogP contribution < -0.4 is 0 Å². The van der Waals surface area contributed by atoms with Gasteiger partial charge in [0.1, 0.15) is 0 Å². The Hall–Kier alpha value is -2.24. The summed E-state index contributed by atoms with van der Waals surface area (Å²) in [6.45, 7) is 1.57. The number of rotatable bonds is 5. The molecule has 0 spiro atoms. The standard InChI is InChI=1S/C15H18N2O4/c1-15(17(20)21,13-8-3-2-4-9-13)11-12-7-5-6-10-14(12)16(18)19/h5-8,10H,2-4,9,11H2,1H3. The Morgan fingerprint density at radius 2 is 1.90 bits per heavy atom. The molecule has 0 saturated heterocycles. The van der Waals surface area contributed by atoms with Crippen molar-refractivity contribution >= 4 is 5.69 Å². The average molecular weight is 290 g/mol. The summed E-state index contributed by atoms with van der Waals surface area (Å²) in [7, 11) is 0. The predicted molar refractivity (Wildman–Crippen MR) is 78.8 cm³/mol. The van der Waals surface area contributed by atoms with Gasteiger partial charge in [-0.15, -0.1) is 0 Å². The fraction of sp³-hybridized carbons (Fsp3) is 0.467. The Balaban J connectivity index is 2.39. The van der Waals surface area contributed by atoms with Gasteiger partial charge in [-0.1, -0.05) is 24.3 Å². The van der Waals surface area contributed by atoms with E-state index in [1.165, 1.54) is 6.07 Å². The molecule has 0 aromatic heterocycles. The van der Waals surface area contributed by atoms with Gasteiger partial charge in [-0.05, 0) is 25.7 Å². The Morgan fingerprint density at radius 3 is 2.48 bits per heavy atom. The highest BCUT2D eigenvalue weighted by atomic mass is 16.6. The molecule has 21 heavy (non-hydrogen) atoms. The van der Waals surface area contributed by atoms with Crippen molar-refractivity contribution in [1.82, 2.24) is 0 Å². The highest BCUT2D eigenvalue weighted by Crippen LogP contribution is 2.34. The second kappa shape index (κ2) is 6.03. The molecule has 2 rings (SSSR count). The van der Waals surface area contributed by atoms with Crippen molar-refractivity contribution in [3.63, 3.8) is 0 Å². The molecule has 112 valence electrons. The van der Waals surface area contributed by atoms with Crippen LogP contribution in [-0.4, -0.2) is 15.4 Å². The predicted octanol–water partition coefficient (Wildman–Crippen LogP) is 3.67. The first-order valence-electron chi connectivity index (χ1n) is 7.01. The third-order valence-corrected chi connectivity index (χ3v) is 4.11. The summed E-state index contributed by atoms with van der Waals surface area (Å²) in [6.07, 6.45) is 5.49. The van der Waals surface area contributed by atoms with Gasteiger partial charge in [-0.2, -0.15) is 0 Å². The van der Waals surface area contributed by atoms with E-state index in [2.05, 4.69) is 0 Å². The molecule has 1 aliphatic rings. The van der Waals surface area contributed by atoms with Crippen molar-refractivity contribution in [2.75, 3.05) is 0 Å². The number of benzene rings is 1. The number of para-hydroxylation sites is 1. The molecule has 0 fully saturated rings. The highest BCUT2D eigenvalue weighted by molar-refractivity contribution is 5.42. The van der Waals surface area contributed by atoms with Crippen molar-refractivity contribution in [2.45, 2.75) is 44.6 Å². The number of allylic oxidation sites excluding steroid dienone is 1. The van der Waals surface area contributed by atoms with Gasteiger partial charge in [-0.25, -0.2) is 0 Å². The topological polar surface area (TPSA) is 86.3 Å². The van der Waals surface area contributed by atoms with E-state index in [0.717, 1.165) is 24.8 Å². The Morgan fingerprint density at radius 1 is 1.19 bits per heavy atom. The minimum Gasteiger partial charge on any atom is -0.264 e. The molecule has 1 aromatic rings. The van der Waals surface area contributed by atoms with E-state index in [1.807, 2.05) is 6.08 Å². The van der Waals surface area contributed by atoms with E-state index in [-0.39, 0.29) is 17.0 Å². The third-order valence-electron chi connectivity index (χ3n) is 4.11. The van der Waals surface area contributed by atoms with Gasteiger partial charge in [0.25, 0.3) is 5.69 Å². The zero-order valence-electron chi connectivity index (χ0n) is 11.9. The summed E-state index contributed by atoms with van der Waals surface area (Å²) in [5.74, 6) is 0. The lowest BCUT2D eigenvalue weighted by molar-refractivity contribution is -0.553. The summed E-state index contributed by atoms with van der Waals surface area (Å²) in [5, 5.41) is 22.7. The Labute approximate surface area is 122 Å². The summed E-state index contributed by atoms with van der Waals surface area (Å²) < 4.78 is 0. The number of nitro groups is 2. The summed E-state index contributed by atoms with van der Waals surface area (Å²) >= 11 is 0. The van der Waals surface area contributed by atoms with E-state index in [4.69, 9.17) is 0 Å². The van der Waals surface area contributed by atoms with Gasteiger partial charge in [0.2, 0.25) is 5.54 Å². The smallest absolute Gasteiger partial charge is 0.264 e. The van der Waals surface area contributed by atoms with E-state index in [9.17, 15) is 20.2 Å². The van der Waals surface area contributed by atoms with Gasteiger partial charge in [-0.3, -0.25) is 20.2 Å². The first kappa shape index (κ1) is 15.2. The van der Waals surface area contributed by atoms with E-state index < -0.39 is 10.5 Å². The largest absolute Gasteiger partial charge is 0.272 e. The van der Waals surface area contributed by atoms with Crippen LogP contribution in [0.25, 0.3) is 0 Å². The SMILES string of the molecule is CC(Cc1ccccc1[N+](=O)[O-])(C1=CCCCC1)[N+](=O)[O-]. The molecule has 0 amide bonds. The fourth-order valence-electron chi connectivity index (χ4n) is 2.83. The van der Waals surface area contributed by atoms with Crippen LogP contribution in [0.3, 0.4) is 0 Å².